The van der Waals surface area contributed by atoms with Gasteiger partial charge in [0.25, 0.3) is 0 Å². The molecule has 0 spiro atoms. The van der Waals surface area contributed by atoms with Crippen molar-refractivity contribution in [2.45, 2.75) is 26.9 Å². The second-order valence-corrected chi connectivity index (χ2v) is 5.31. The largest absolute Gasteiger partial charge is 0.460 e. The van der Waals surface area contributed by atoms with Crippen molar-refractivity contribution >= 4 is 5.97 Å². The second kappa shape index (κ2) is 6.42. The molecule has 3 nitrogen and oxygen atoms in total. The third kappa shape index (κ3) is 3.50. The average molecular weight is 271 g/mol. The van der Waals surface area contributed by atoms with E-state index in [1.54, 1.807) is 0 Å². The first-order valence-corrected chi connectivity index (χ1v) is 6.96. The zero-order chi connectivity index (χ0) is 14.5. The summed E-state index contributed by atoms with van der Waals surface area (Å²) in [5.41, 5.74) is 8.55. The van der Waals surface area contributed by atoms with Gasteiger partial charge in [0.1, 0.15) is 6.61 Å². The minimum absolute atomic E-state index is 0.231. The molecule has 1 aliphatic rings. The van der Waals surface area contributed by atoms with Crippen molar-refractivity contribution in [3.8, 4) is 0 Å². The van der Waals surface area contributed by atoms with Crippen molar-refractivity contribution in [3.63, 3.8) is 0 Å². The molecule has 3 heteroatoms. The molecule has 2 N–H and O–H groups in total. The lowest BCUT2D eigenvalue weighted by Gasteiger charge is -2.21. The third-order valence-electron chi connectivity index (χ3n) is 3.55. The van der Waals surface area contributed by atoms with E-state index in [1.807, 2.05) is 43.3 Å². The van der Waals surface area contributed by atoms with Crippen molar-refractivity contribution < 1.29 is 9.53 Å². The number of rotatable bonds is 4. The molecule has 0 aromatic heterocycles. The molecule has 1 aromatic rings. The molecular formula is C17H21NO2. The summed E-state index contributed by atoms with van der Waals surface area (Å²) >= 11 is 0. The van der Waals surface area contributed by atoms with Gasteiger partial charge in [0, 0.05) is 5.70 Å². The molecule has 106 valence electrons. The van der Waals surface area contributed by atoms with E-state index < -0.39 is 0 Å². The van der Waals surface area contributed by atoms with E-state index >= 15 is 0 Å². The van der Waals surface area contributed by atoms with Gasteiger partial charge < -0.3 is 10.5 Å². The minimum Gasteiger partial charge on any atom is -0.460 e. The van der Waals surface area contributed by atoms with E-state index in [-0.39, 0.29) is 11.9 Å². The quantitative estimate of drug-likeness (QED) is 0.856. The number of hydrogen-bond acceptors (Lipinski definition) is 3. The van der Waals surface area contributed by atoms with Gasteiger partial charge in [-0.05, 0) is 30.4 Å². The zero-order valence-electron chi connectivity index (χ0n) is 12.0. The van der Waals surface area contributed by atoms with Crippen LogP contribution >= 0.6 is 0 Å². The number of esters is 1. The van der Waals surface area contributed by atoms with Crippen molar-refractivity contribution in [2.24, 2.45) is 17.6 Å². The highest BCUT2D eigenvalue weighted by Crippen LogP contribution is 2.26. The molecule has 2 rings (SSSR count). The summed E-state index contributed by atoms with van der Waals surface area (Å²) in [5.74, 6) is -0.134. The molecule has 2 atom stereocenters. The predicted molar refractivity (Wildman–Crippen MR) is 79.5 cm³/mol. The molecule has 0 amide bonds. The average Bonchev–Trinajstić information content (AvgIpc) is 2.47. The fourth-order valence-corrected chi connectivity index (χ4v) is 2.28. The Morgan fingerprint density at radius 2 is 2.10 bits per heavy atom. The van der Waals surface area contributed by atoms with Crippen molar-refractivity contribution in [1.82, 2.24) is 0 Å². The van der Waals surface area contributed by atoms with Crippen molar-refractivity contribution in [2.75, 3.05) is 0 Å². The molecule has 0 fully saturated rings. The fourth-order valence-electron chi connectivity index (χ4n) is 2.28. The summed E-state index contributed by atoms with van der Waals surface area (Å²) in [6.07, 6.45) is 4.99. The Bertz CT molecular complexity index is 531. The Kier molecular flexibility index (Phi) is 4.61. The summed E-state index contributed by atoms with van der Waals surface area (Å²) in [7, 11) is 0. The molecule has 0 saturated carbocycles. The molecule has 0 saturated heterocycles. The van der Waals surface area contributed by atoms with Crippen molar-refractivity contribution in [3.05, 3.63) is 59.3 Å². The van der Waals surface area contributed by atoms with Crippen LogP contribution in [0.1, 0.15) is 25.8 Å². The van der Waals surface area contributed by atoms with E-state index in [9.17, 15) is 4.79 Å². The zero-order valence-corrected chi connectivity index (χ0v) is 12.0. The second-order valence-electron chi connectivity index (χ2n) is 5.31. The Balaban J connectivity index is 1.97. The van der Waals surface area contributed by atoms with Gasteiger partial charge in [-0.15, -0.1) is 0 Å². The van der Waals surface area contributed by atoms with Gasteiger partial charge in [-0.25, -0.2) is 0 Å². The SMILES string of the molecule is CC1C=C(C(C)C(=O)OCc2ccccc2)C(N)=CC1. The first-order valence-electron chi connectivity index (χ1n) is 6.96. The van der Waals surface area contributed by atoms with Crippen LogP contribution in [0.3, 0.4) is 0 Å². The number of carbonyl (C=O) groups excluding carboxylic acids is 1. The van der Waals surface area contributed by atoms with Crippen LogP contribution in [-0.2, 0) is 16.1 Å². The lowest BCUT2D eigenvalue weighted by molar-refractivity contribution is -0.147. The molecule has 0 aliphatic heterocycles. The van der Waals surface area contributed by atoms with Crippen molar-refractivity contribution in [1.29, 1.82) is 0 Å². The summed E-state index contributed by atoms with van der Waals surface area (Å²) in [6.45, 7) is 4.26. The van der Waals surface area contributed by atoms with Gasteiger partial charge in [0.2, 0.25) is 0 Å². The molecule has 0 heterocycles. The smallest absolute Gasteiger partial charge is 0.313 e. The highest BCUT2D eigenvalue weighted by molar-refractivity contribution is 5.77. The molecule has 1 aromatic carbocycles. The number of allylic oxidation sites excluding steroid dienone is 3. The van der Waals surface area contributed by atoms with Crippen LogP contribution in [0.5, 0.6) is 0 Å². The van der Waals surface area contributed by atoms with Gasteiger partial charge in [-0.3, -0.25) is 4.79 Å². The maximum Gasteiger partial charge on any atom is 0.313 e. The monoisotopic (exact) mass is 271 g/mol. The van der Waals surface area contributed by atoms with E-state index in [0.29, 0.717) is 18.2 Å². The van der Waals surface area contributed by atoms with E-state index in [1.165, 1.54) is 0 Å². The fraction of sp³-hybridized carbons (Fsp3) is 0.353. The van der Waals surface area contributed by atoms with Gasteiger partial charge in [0.15, 0.2) is 0 Å². The summed E-state index contributed by atoms with van der Waals surface area (Å²) in [6, 6.07) is 9.67. The van der Waals surface area contributed by atoms with Crippen LogP contribution in [0.2, 0.25) is 0 Å². The van der Waals surface area contributed by atoms with Crippen LogP contribution in [0.25, 0.3) is 0 Å². The van der Waals surface area contributed by atoms with E-state index in [0.717, 1.165) is 17.6 Å². The lowest BCUT2D eigenvalue weighted by Crippen LogP contribution is -2.22. The molecule has 20 heavy (non-hydrogen) atoms. The molecule has 0 bridgehead atoms. The maximum absolute atomic E-state index is 12.1. The first kappa shape index (κ1) is 14.4. The van der Waals surface area contributed by atoms with Gasteiger partial charge in [-0.1, -0.05) is 49.4 Å². The normalized spacial score (nSPS) is 19.8. The van der Waals surface area contributed by atoms with E-state index in [2.05, 4.69) is 13.0 Å². The molecule has 0 radical (unpaired) electrons. The van der Waals surface area contributed by atoms with Crippen LogP contribution in [-0.4, -0.2) is 5.97 Å². The van der Waals surface area contributed by atoms with Crippen LogP contribution in [0, 0.1) is 11.8 Å². The number of nitrogens with two attached hydrogens (primary N) is 1. The number of carbonyl (C=O) groups is 1. The lowest BCUT2D eigenvalue weighted by atomic mass is 9.88. The number of benzene rings is 1. The summed E-state index contributed by atoms with van der Waals surface area (Å²) in [5, 5.41) is 0. The molecular weight excluding hydrogens is 250 g/mol. The van der Waals surface area contributed by atoms with Crippen LogP contribution in [0.4, 0.5) is 0 Å². The first-order chi connectivity index (χ1) is 9.58. The summed E-state index contributed by atoms with van der Waals surface area (Å²) in [4.78, 5) is 12.1. The molecule has 1 aliphatic carbocycles. The van der Waals surface area contributed by atoms with Gasteiger partial charge in [-0.2, -0.15) is 0 Å². The molecule has 2 unspecified atom stereocenters. The number of hydrogen-bond donors (Lipinski definition) is 1. The number of ether oxygens (including phenoxy) is 1. The predicted octanol–water partition coefficient (Wildman–Crippen LogP) is 3.17. The Morgan fingerprint density at radius 1 is 1.40 bits per heavy atom. The van der Waals surface area contributed by atoms with Gasteiger partial charge in [0.05, 0.1) is 5.92 Å². The maximum atomic E-state index is 12.1. The Labute approximate surface area is 120 Å². The Hall–Kier alpha value is -2.03. The summed E-state index contributed by atoms with van der Waals surface area (Å²) < 4.78 is 5.36. The van der Waals surface area contributed by atoms with Gasteiger partial charge >= 0.3 is 5.97 Å². The highest BCUT2D eigenvalue weighted by atomic mass is 16.5. The highest BCUT2D eigenvalue weighted by Gasteiger charge is 2.23. The van der Waals surface area contributed by atoms with Crippen LogP contribution in [0.15, 0.2) is 53.8 Å². The topological polar surface area (TPSA) is 52.3 Å². The standard InChI is InChI=1S/C17H21NO2/c1-12-8-9-16(18)15(10-12)13(2)17(19)20-11-14-6-4-3-5-7-14/h3-7,9-10,12-13H,8,11,18H2,1-2H3. The van der Waals surface area contributed by atoms with E-state index in [4.69, 9.17) is 10.5 Å². The minimum atomic E-state index is -0.322. The third-order valence-corrected chi connectivity index (χ3v) is 3.55. The van der Waals surface area contributed by atoms with Crippen LogP contribution < -0.4 is 5.73 Å². The Morgan fingerprint density at radius 3 is 2.80 bits per heavy atom.